The van der Waals surface area contributed by atoms with Gasteiger partial charge < -0.3 is 20.1 Å². The number of benzene rings is 1. The molecule has 5 aromatic rings. The van der Waals surface area contributed by atoms with Crippen LogP contribution in [0.25, 0.3) is 27.8 Å². The molecule has 2 N–H and O–H groups in total. The molecule has 1 saturated carbocycles. The Morgan fingerprint density at radius 3 is 2.63 bits per heavy atom. The van der Waals surface area contributed by atoms with Crippen LogP contribution in [0, 0.1) is 12.8 Å². The van der Waals surface area contributed by atoms with Crippen molar-refractivity contribution in [2.24, 2.45) is 11.7 Å². The van der Waals surface area contributed by atoms with Crippen LogP contribution in [0.15, 0.2) is 61.1 Å². The molecule has 0 bridgehead atoms. The van der Waals surface area contributed by atoms with Gasteiger partial charge in [0.05, 0.1) is 28.3 Å². The van der Waals surface area contributed by atoms with Gasteiger partial charge in [0.1, 0.15) is 5.69 Å². The molecule has 8 rings (SSSR count). The fourth-order valence-electron chi connectivity index (χ4n) is 7.20. The maximum atomic E-state index is 13.3. The second kappa shape index (κ2) is 10.6. The Bertz CT molecular complexity index is 1790. The number of aryl methyl sites for hydroxylation is 1. The van der Waals surface area contributed by atoms with Crippen LogP contribution in [0.1, 0.15) is 60.5 Å². The fourth-order valence-corrected chi connectivity index (χ4v) is 7.20. The third kappa shape index (κ3) is 4.89. The lowest BCUT2D eigenvalue weighted by atomic mass is 10.0. The fraction of sp³-hybridized carbons (Fsp3) is 0.441. The average Bonchev–Trinajstić information content (AvgIpc) is 3.40. The lowest BCUT2D eigenvalue weighted by Gasteiger charge is -2.33. The first-order valence-corrected chi connectivity index (χ1v) is 15.9. The van der Waals surface area contributed by atoms with Crippen LogP contribution in [0.4, 0.5) is 5.69 Å². The molecule has 6 heterocycles. The molecule has 0 radical (unpaired) electrons. The summed E-state index contributed by atoms with van der Waals surface area (Å²) in [5.74, 6) is 0.760. The maximum Gasteiger partial charge on any atom is 0.255 e. The van der Waals surface area contributed by atoms with Crippen LogP contribution in [-0.4, -0.2) is 67.0 Å². The first-order chi connectivity index (χ1) is 21.0. The predicted octanol–water partition coefficient (Wildman–Crippen LogP) is 5.28. The quantitative estimate of drug-likeness (QED) is 0.297. The summed E-state index contributed by atoms with van der Waals surface area (Å²) in [5, 5.41) is 10.8. The Balaban J connectivity index is 1.12. The van der Waals surface area contributed by atoms with E-state index in [1.165, 1.54) is 29.4 Å². The highest BCUT2D eigenvalue weighted by molar-refractivity contribution is 5.95. The lowest BCUT2D eigenvalue weighted by molar-refractivity contribution is 0.0708. The summed E-state index contributed by atoms with van der Waals surface area (Å²) in [5.41, 5.74) is 13.7. The van der Waals surface area contributed by atoms with Gasteiger partial charge in [-0.25, -0.2) is 4.52 Å². The van der Waals surface area contributed by atoms with E-state index in [-0.39, 0.29) is 11.9 Å². The van der Waals surface area contributed by atoms with E-state index in [4.69, 9.17) is 10.8 Å². The van der Waals surface area contributed by atoms with Crippen molar-refractivity contribution in [3.05, 3.63) is 72.2 Å². The molecule has 1 aromatic carbocycles. The number of nitrogens with two attached hydrogens (primary N) is 1. The molecule has 222 valence electrons. The minimum atomic E-state index is 0.0378. The van der Waals surface area contributed by atoms with E-state index in [0.29, 0.717) is 18.2 Å². The molecule has 3 aliphatic rings. The standard InChI is InChI=1S/C34H40N8O/c1-23-30-10-8-26(34(43)39-14-2-4-27(35)22-39)21-42(30)37-33(23)32-18-25-7-9-29(19-31(25)40(32)20-24-5-6-24)38-16-11-28(12-17-38)41-15-3-13-36-41/h3,7-10,13,15,18-19,21,24,27-28H,2,4-6,11-12,14,16-17,20,22,35H2,1H3/t27-/m1/s1. The van der Waals surface area contributed by atoms with Crippen molar-refractivity contribution in [1.82, 2.24) is 28.9 Å². The number of piperidine rings is 2. The Kier molecular flexibility index (Phi) is 6.51. The smallest absolute Gasteiger partial charge is 0.255 e. The lowest BCUT2D eigenvalue weighted by Crippen LogP contribution is -2.45. The van der Waals surface area contributed by atoms with Crippen LogP contribution in [0.3, 0.4) is 0 Å². The van der Waals surface area contributed by atoms with Gasteiger partial charge >= 0.3 is 0 Å². The Morgan fingerprint density at radius 1 is 1.00 bits per heavy atom. The number of anilines is 1. The molecular weight excluding hydrogens is 536 g/mol. The van der Waals surface area contributed by atoms with Crippen LogP contribution in [-0.2, 0) is 6.54 Å². The SMILES string of the molecule is Cc1c(-c2cc3ccc(N4CCC(n5cccn5)CC4)cc3n2CC2CC2)nn2cc(C(=O)N3CCC[C@@H](N)C3)ccc12. The third-order valence-electron chi connectivity index (χ3n) is 9.86. The number of amides is 1. The normalized spacial score (nSPS) is 20.0. The van der Waals surface area contributed by atoms with E-state index in [2.05, 4.69) is 56.6 Å². The number of carbonyl (C=O) groups excluding carboxylic acids is 1. The summed E-state index contributed by atoms with van der Waals surface area (Å²) in [6.07, 6.45) is 12.6. The van der Waals surface area contributed by atoms with Gasteiger partial charge in [0.15, 0.2) is 0 Å². The van der Waals surface area contributed by atoms with Crippen LogP contribution >= 0.6 is 0 Å². The topological polar surface area (TPSA) is 89.6 Å². The Labute approximate surface area is 251 Å². The number of carbonyl (C=O) groups is 1. The van der Waals surface area contributed by atoms with E-state index in [9.17, 15) is 4.79 Å². The number of hydrogen-bond donors (Lipinski definition) is 1. The molecule has 0 spiro atoms. The third-order valence-corrected chi connectivity index (χ3v) is 9.86. The predicted molar refractivity (Wildman–Crippen MR) is 169 cm³/mol. The molecule has 1 amide bonds. The zero-order chi connectivity index (χ0) is 29.1. The highest BCUT2D eigenvalue weighted by Gasteiger charge is 2.28. The van der Waals surface area contributed by atoms with E-state index in [1.54, 1.807) is 0 Å². The Hall–Kier alpha value is -4.11. The summed E-state index contributed by atoms with van der Waals surface area (Å²) in [6.45, 7) is 6.60. The Morgan fingerprint density at radius 2 is 1.86 bits per heavy atom. The molecule has 43 heavy (non-hydrogen) atoms. The minimum absolute atomic E-state index is 0.0378. The zero-order valence-electron chi connectivity index (χ0n) is 24.9. The second-order valence-corrected chi connectivity index (χ2v) is 12.9. The molecule has 9 nitrogen and oxygen atoms in total. The molecular formula is C34H40N8O. The number of nitrogens with zero attached hydrogens (tertiary/aromatic N) is 7. The second-order valence-electron chi connectivity index (χ2n) is 12.9. The number of aromatic nitrogens is 5. The zero-order valence-corrected chi connectivity index (χ0v) is 24.9. The number of likely N-dealkylation sites (tertiary alicyclic amines) is 1. The summed E-state index contributed by atoms with van der Waals surface area (Å²) < 4.78 is 6.52. The van der Waals surface area contributed by atoms with E-state index in [0.717, 1.165) is 80.2 Å². The minimum Gasteiger partial charge on any atom is -0.371 e. The monoisotopic (exact) mass is 576 g/mol. The number of rotatable bonds is 6. The van der Waals surface area contributed by atoms with Crippen LogP contribution in [0.2, 0.25) is 0 Å². The highest BCUT2D eigenvalue weighted by atomic mass is 16.2. The van der Waals surface area contributed by atoms with Gasteiger partial charge in [-0.3, -0.25) is 9.48 Å². The average molecular weight is 577 g/mol. The molecule has 1 aliphatic carbocycles. The van der Waals surface area contributed by atoms with Gasteiger partial charge in [0, 0.05) is 74.0 Å². The van der Waals surface area contributed by atoms with Crippen molar-refractivity contribution in [2.75, 3.05) is 31.1 Å². The molecule has 4 aromatic heterocycles. The molecule has 9 heteroatoms. The van der Waals surface area contributed by atoms with Gasteiger partial charge in [-0.05, 0) is 87.8 Å². The van der Waals surface area contributed by atoms with Crippen molar-refractivity contribution >= 4 is 28.0 Å². The first-order valence-electron chi connectivity index (χ1n) is 15.9. The molecule has 2 saturated heterocycles. The largest absolute Gasteiger partial charge is 0.371 e. The molecule has 2 aliphatic heterocycles. The van der Waals surface area contributed by atoms with Crippen molar-refractivity contribution in [3.63, 3.8) is 0 Å². The van der Waals surface area contributed by atoms with Crippen molar-refractivity contribution in [1.29, 1.82) is 0 Å². The van der Waals surface area contributed by atoms with Crippen molar-refractivity contribution in [2.45, 2.75) is 64.1 Å². The van der Waals surface area contributed by atoms with Gasteiger partial charge in [-0.15, -0.1) is 0 Å². The van der Waals surface area contributed by atoms with Crippen molar-refractivity contribution < 1.29 is 4.79 Å². The summed E-state index contributed by atoms with van der Waals surface area (Å²) in [6, 6.07) is 15.8. The first kappa shape index (κ1) is 26.5. The van der Waals surface area contributed by atoms with Gasteiger partial charge in [-0.2, -0.15) is 10.2 Å². The summed E-state index contributed by atoms with van der Waals surface area (Å²) >= 11 is 0. The number of pyridine rings is 1. The number of fused-ring (bicyclic) bond motifs is 2. The molecule has 0 unspecified atom stereocenters. The van der Waals surface area contributed by atoms with E-state index in [1.807, 2.05) is 40.0 Å². The van der Waals surface area contributed by atoms with Gasteiger partial charge in [0.2, 0.25) is 0 Å². The number of hydrogen-bond acceptors (Lipinski definition) is 5. The van der Waals surface area contributed by atoms with Crippen molar-refractivity contribution in [3.8, 4) is 11.4 Å². The molecule has 3 fully saturated rings. The van der Waals surface area contributed by atoms with Crippen LogP contribution in [0.5, 0.6) is 0 Å². The highest BCUT2D eigenvalue weighted by Crippen LogP contribution is 2.38. The van der Waals surface area contributed by atoms with Gasteiger partial charge in [-0.1, -0.05) is 6.07 Å². The maximum absolute atomic E-state index is 13.3. The van der Waals surface area contributed by atoms with E-state index < -0.39 is 0 Å². The van der Waals surface area contributed by atoms with Crippen LogP contribution < -0.4 is 10.6 Å². The van der Waals surface area contributed by atoms with E-state index >= 15 is 0 Å². The summed E-state index contributed by atoms with van der Waals surface area (Å²) in [7, 11) is 0. The summed E-state index contributed by atoms with van der Waals surface area (Å²) in [4.78, 5) is 17.7. The molecule has 1 atom stereocenters. The van der Waals surface area contributed by atoms with Gasteiger partial charge in [0.25, 0.3) is 5.91 Å².